The molecule has 6 nitrogen and oxygen atoms in total. The van der Waals surface area contributed by atoms with Gasteiger partial charge in [-0.3, -0.25) is 19.5 Å². The first-order valence-electron chi connectivity index (χ1n) is 10.6. The Balaban J connectivity index is 1.85. The van der Waals surface area contributed by atoms with Crippen LogP contribution in [0, 0.1) is 5.92 Å². The number of ether oxygens (including phenoxy) is 1. The van der Waals surface area contributed by atoms with Crippen molar-refractivity contribution in [2.45, 2.75) is 19.9 Å². The van der Waals surface area contributed by atoms with E-state index in [1.165, 1.54) is 4.90 Å². The number of pyridine rings is 1. The lowest BCUT2D eigenvalue weighted by Crippen LogP contribution is -2.29. The van der Waals surface area contributed by atoms with Crippen molar-refractivity contribution < 1.29 is 19.4 Å². The summed E-state index contributed by atoms with van der Waals surface area (Å²) >= 11 is 6.15. The van der Waals surface area contributed by atoms with Crippen LogP contribution in [-0.4, -0.2) is 28.4 Å². The van der Waals surface area contributed by atoms with Crippen LogP contribution in [0.2, 0.25) is 5.02 Å². The van der Waals surface area contributed by atoms with Crippen LogP contribution in [-0.2, 0) is 9.59 Å². The van der Waals surface area contributed by atoms with Crippen LogP contribution in [0.4, 0.5) is 5.69 Å². The lowest BCUT2D eigenvalue weighted by atomic mass is 9.98. The Morgan fingerprint density at radius 2 is 1.88 bits per heavy atom. The Morgan fingerprint density at radius 3 is 2.58 bits per heavy atom. The predicted octanol–water partition coefficient (Wildman–Crippen LogP) is 5.40. The Bertz CT molecular complexity index is 1220. The van der Waals surface area contributed by atoms with Crippen LogP contribution in [0.15, 0.2) is 78.5 Å². The van der Waals surface area contributed by atoms with Crippen LogP contribution >= 0.6 is 11.6 Å². The first-order chi connectivity index (χ1) is 15.9. The van der Waals surface area contributed by atoms with Gasteiger partial charge in [-0.15, -0.1) is 0 Å². The zero-order valence-corrected chi connectivity index (χ0v) is 19.0. The van der Waals surface area contributed by atoms with Gasteiger partial charge in [0.15, 0.2) is 0 Å². The number of nitrogens with zero attached hydrogens (tertiary/aromatic N) is 2. The second-order valence-corrected chi connectivity index (χ2v) is 8.57. The Kier molecular flexibility index (Phi) is 6.47. The van der Waals surface area contributed by atoms with Gasteiger partial charge in [0, 0.05) is 22.5 Å². The Morgan fingerprint density at radius 1 is 1.09 bits per heavy atom. The highest BCUT2D eigenvalue weighted by molar-refractivity contribution is 6.51. The fourth-order valence-electron chi connectivity index (χ4n) is 3.69. The first-order valence-corrected chi connectivity index (χ1v) is 11.0. The summed E-state index contributed by atoms with van der Waals surface area (Å²) in [4.78, 5) is 32.0. The topological polar surface area (TPSA) is 79.7 Å². The molecule has 1 fully saturated rings. The van der Waals surface area contributed by atoms with Gasteiger partial charge in [-0.05, 0) is 48.4 Å². The number of aromatic nitrogens is 1. The van der Waals surface area contributed by atoms with Gasteiger partial charge in [0.1, 0.15) is 17.6 Å². The summed E-state index contributed by atoms with van der Waals surface area (Å²) in [6.45, 7) is 4.58. The molecule has 168 valence electrons. The summed E-state index contributed by atoms with van der Waals surface area (Å²) in [5, 5.41) is 11.7. The molecule has 0 aliphatic carbocycles. The quantitative estimate of drug-likeness (QED) is 0.301. The van der Waals surface area contributed by atoms with E-state index in [2.05, 4.69) is 4.98 Å². The average molecular weight is 463 g/mol. The normalized spacial score (nSPS) is 17.6. The van der Waals surface area contributed by atoms with Crippen molar-refractivity contribution in [3.63, 3.8) is 0 Å². The van der Waals surface area contributed by atoms with Gasteiger partial charge in [-0.1, -0.05) is 49.7 Å². The standard InChI is InChI=1S/C26H23ClN2O4/c1-16(2)15-33-20-10-5-7-17(13-20)24(30)22-23(21-11-3-4-12-28-21)29(26(32)25(22)31)19-9-6-8-18(27)14-19/h3-14,16,23,30H,15H2,1-2H3/b24-22+. The van der Waals surface area contributed by atoms with Crippen LogP contribution in [0.5, 0.6) is 5.75 Å². The van der Waals surface area contributed by atoms with E-state index in [0.29, 0.717) is 40.2 Å². The average Bonchev–Trinajstić information content (AvgIpc) is 3.08. The maximum atomic E-state index is 13.2. The molecule has 33 heavy (non-hydrogen) atoms. The van der Waals surface area contributed by atoms with Gasteiger partial charge in [0.05, 0.1) is 17.9 Å². The van der Waals surface area contributed by atoms with Crippen LogP contribution < -0.4 is 9.64 Å². The summed E-state index contributed by atoms with van der Waals surface area (Å²) in [6, 6.07) is 17.8. The zero-order chi connectivity index (χ0) is 23.5. The molecular weight excluding hydrogens is 440 g/mol. The number of rotatable bonds is 6. The number of hydrogen-bond acceptors (Lipinski definition) is 5. The molecule has 0 bridgehead atoms. The lowest BCUT2D eigenvalue weighted by molar-refractivity contribution is -0.132. The summed E-state index contributed by atoms with van der Waals surface area (Å²) in [7, 11) is 0. The SMILES string of the molecule is CC(C)COc1cccc(/C(O)=C2\C(=O)C(=O)N(c3cccc(Cl)c3)C2c2ccccn2)c1. The molecule has 2 heterocycles. The van der Waals surface area contributed by atoms with E-state index in [-0.39, 0.29) is 11.3 Å². The molecule has 0 spiro atoms. The number of benzene rings is 2. The van der Waals surface area contributed by atoms with Crippen molar-refractivity contribution in [3.05, 3.63) is 94.8 Å². The number of aliphatic hydroxyl groups is 1. The maximum Gasteiger partial charge on any atom is 0.300 e. The molecule has 4 rings (SSSR count). The molecular formula is C26H23ClN2O4. The summed E-state index contributed by atoms with van der Waals surface area (Å²) in [5.41, 5.74) is 1.22. The number of anilines is 1. The van der Waals surface area contributed by atoms with Gasteiger partial charge in [0.25, 0.3) is 11.7 Å². The number of ketones is 1. The van der Waals surface area contributed by atoms with Crippen LogP contribution in [0.1, 0.15) is 31.1 Å². The van der Waals surface area contributed by atoms with Gasteiger partial charge >= 0.3 is 0 Å². The minimum Gasteiger partial charge on any atom is -0.507 e. The third-order valence-electron chi connectivity index (χ3n) is 5.19. The molecule has 3 aromatic rings. The number of hydrogen-bond donors (Lipinski definition) is 1. The monoisotopic (exact) mass is 462 g/mol. The molecule has 1 saturated heterocycles. The van der Waals surface area contributed by atoms with E-state index < -0.39 is 17.7 Å². The van der Waals surface area contributed by atoms with Gasteiger partial charge in [-0.2, -0.15) is 0 Å². The number of carbonyl (C=O) groups is 2. The van der Waals surface area contributed by atoms with Gasteiger partial charge in [0.2, 0.25) is 0 Å². The fourth-order valence-corrected chi connectivity index (χ4v) is 3.88. The molecule has 1 aromatic heterocycles. The van der Waals surface area contributed by atoms with E-state index in [0.717, 1.165) is 0 Å². The molecule has 2 aromatic carbocycles. The van der Waals surface area contributed by atoms with Crippen molar-refractivity contribution in [3.8, 4) is 5.75 Å². The van der Waals surface area contributed by atoms with E-state index >= 15 is 0 Å². The summed E-state index contributed by atoms with van der Waals surface area (Å²) < 4.78 is 5.76. The first kappa shape index (κ1) is 22.6. The van der Waals surface area contributed by atoms with Crippen molar-refractivity contribution in [1.29, 1.82) is 0 Å². The highest BCUT2D eigenvalue weighted by Crippen LogP contribution is 2.42. The molecule has 0 radical (unpaired) electrons. The third-order valence-corrected chi connectivity index (χ3v) is 5.42. The van der Waals surface area contributed by atoms with Crippen molar-refractivity contribution >= 4 is 34.7 Å². The summed E-state index contributed by atoms with van der Waals surface area (Å²) in [5.74, 6) is -0.956. The number of aliphatic hydroxyl groups excluding tert-OH is 1. The largest absolute Gasteiger partial charge is 0.507 e. The van der Waals surface area contributed by atoms with E-state index in [9.17, 15) is 14.7 Å². The van der Waals surface area contributed by atoms with Gasteiger partial charge in [-0.25, -0.2) is 0 Å². The van der Waals surface area contributed by atoms with Crippen molar-refractivity contribution in [2.24, 2.45) is 5.92 Å². The Hall–Kier alpha value is -3.64. The number of carbonyl (C=O) groups excluding carboxylic acids is 2. The molecule has 1 atom stereocenters. The fraction of sp³-hybridized carbons (Fsp3) is 0.192. The molecule has 1 aliphatic heterocycles. The molecule has 1 N–H and O–H groups in total. The Labute approximate surface area is 197 Å². The smallest absolute Gasteiger partial charge is 0.300 e. The minimum atomic E-state index is -0.912. The summed E-state index contributed by atoms with van der Waals surface area (Å²) in [6.07, 6.45) is 1.58. The minimum absolute atomic E-state index is 0.0420. The number of Topliss-reactive ketones (excluding diaryl/α,β-unsaturated/α-hetero) is 1. The predicted molar refractivity (Wildman–Crippen MR) is 127 cm³/mol. The van der Waals surface area contributed by atoms with E-state index in [4.69, 9.17) is 16.3 Å². The number of amides is 1. The maximum absolute atomic E-state index is 13.2. The molecule has 0 saturated carbocycles. The molecule has 1 unspecified atom stereocenters. The molecule has 7 heteroatoms. The van der Waals surface area contributed by atoms with Crippen LogP contribution in [0.25, 0.3) is 5.76 Å². The van der Waals surface area contributed by atoms with Gasteiger partial charge < -0.3 is 9.84 Å². The van der Waals surface area contributed by atoms with E-state index in [1.54, 1.807) is 72.9 Å². The zero-order valence-electron chi connectivity index (χ0n) is 18.2. The van der Waals surface area contributed by atoms with Crippen molar-refractivity contribution in [2.75, 3.05) is 11.5 Å². The second kappa shape index (κ2) is 9.46. The van der Waals surface area contributed by atoms with Crippen molar-refractivity contribution in [1.82, 2.24) is 4.98 Å². The lowest BCUT2D eigenvalue weighted by Gasteiger charge is -2.24. The second-order valence-electron chi connectivity index (χ2n) is 8.14. The molecule has 1 aliphatic rings. The van der Waals surface area contributed by atoms with E-state index in [1.807, 2.05) is 13.8 Å². The third kappa shape index (κ3) is 4.61. The number of halogens is 1. The molecule has 1 amide bonds. The highest BCUT2D eigenvalue weighted by Gasteiger charge is 2.47. The highest BCUT2D eigenvalue weighted by atomic mass is 35.5. The van der Waals surface area contributed by atoms with Crippen LogP contribution in [0.3, 0.4) is 0 Å².